The molecule has 70 valence electrons. The van der Waals surface area contributed by atoms with Gasteiger partial charge in [0.25, 0.3) is 5.91 Å². The number of benzene rings is 1. The number of aryl methyl sites for hydroxylation is 1. The average molecular weight is 179 g/mol. The predicted octanol–water partition coefficient (Wildman–Crippen LogP) is 1.36. The van der Waals surface area contributed by atoms with Gasteiger partial charge in [-0.1, -0.05) is 11.6 Å². The Labute approximate surface area is 77.7 Å². The summed E-state index contributed by atoms with van der Waals surface area (Å²) in [5, 5.41) is 2.56. The van der Waals surface area contributed by atoms with Crippen LogP contribution in [0.5, 0.6) is 5.75 Å². The van der Waals surface area contributed by atoms with Gasteiger partial charge in [-0.25, -0.2) is 0 Å². The van der Waals surface area contributed by atoms with Gasteiger partial charge in [0.15, 0.2) is 0 Å². The van der Waals surface area contributed by atoms with E-state index in [1.165, 1.54) is 0 Å². The molecular formula is C10H13NO2. The minimum absolute atomic E-state index is 0.124. The summed E-state index contributed by atoms with van der Waals surface area (Å²) in [6.45, 7) is 1.94. The molecular weight excluding hydrogens is 166 g/mol. The summed E-state index contributed by atoms with van der Waals surface area (Å²) in [5.41, 5.74) is 1.62. The van der Waals surface area contributed by atoms with E-state index >= 15 is 0 Å². The van der Waals surface area contributed by atoms with Gasteiger partial charge >= 0.3 is 0 Å². The van der Waals surface area contributed by atoms with Gasteiger partial charge in [-0.3, -0.25) is 4.79 Å². The van der Waals surface area contributed by atoms with Gasteiger partial charge in [0.05, 0.1) is 12.7 Å². The zero-order valence-corrected chi connectivity index (χ0v) is 8.05. The van der Waals surface area contributed by atoms with Crippen molar-refractivity contribution in [2.24, 2.45) is 0 Å². The summed E-state index contributed by atoms with van der Waals surface area (Å²) < 4.78 is 5.06. The molecule has 0 atom stereocenters. The molecule has 0 aliphatic rings. The third kappa shape index (κ3) is 1.99. The molecule has 1 aromatic carbocycles. The molecule has 1 amide bonds. The summed E-state index contributed by atoms with van der Waals surface area (Å²) in [4.78, 5) is 11.4. The first-order chi connectivity index (χ1) is 6.19. The van der Waals surface area contributed by atoms with Crippen molar-refractivity contribution < 1.29 is 9.53 Å². The van der Waals surface area contributed by atoms with Gasteiger partial charge in [0.1, 0.15) is 5.75 Å². The molecule has 0 radical (unpaired) electrons. The molecule has 0 aliphatic carbocycles. The Morgan fingerprint density at radius 2 is 2.15 bits per heavy atom. The van der Waals surface area contributed by atoms with E-state index in [1.807, 2.05) is 13.0 Å². The molecule has 0 spiro atoms. The van der Waals surface area contributed by atoms with Crippen molar-refractivity contribution in [1.29, 1.82) is 0 Å². The minimum atomic E-state index is -0.124. The summed E-state index contributed by atoms with van der Waals surface area (Å²) in [5.74, 6) is 0.477. The van der Waals surface area contributed by atoms with Crippen molar-refractivity contribution in [3.63, 3.8) is 0 Å². The van der Waals surface area contributed by atoms with Gasteiger partial charge in [0.2, 0.25) is 0 Å². The number of hydrogen-bond acceptors (Lipinski definition) is 2. The second-order valence-electron chi connectivity index (χ2n) is 2.78. The third-order valence-electron chi connectivity index (χ3n) is 1.83. The monoisotopic (exact) mass is 179 g/mol. The van der Waals surface area contributed by atoms with E-state index in [4.69, 9.17) is 4.74 Å². The number of rotatable bonds is 2. The molecule has 1 aromatic rings. The lowest BCUT2D eigenvalue weighted by Crippen LogP contribution is -2.18. The van der Waals surface area contributed by atoms with Crippen LogP contribution in [0.4, 0.5) is 0 Å². The summed E-state index contributed by atoms with van der Waals surface area (Å²) in [7, 11) is 3.15. The number of methoxy groups -OCH3 is 1. The van der Waals surface area contributed by atoms with E-state index < -0.39 is 0 Å². The average Bonchev–Trinajstić information content (AvgIpc) is 2.16. The highest BCUT2D eigenvalue weighted by Gasteiger charge is 2.09. The third-order valence-corrected chi connectivity index (χ3v) is 1.83. The van der Waals surface area contributed by atoms with E-state index in [-0.39, 0.29) is 5.91 Å². The van der Waals surface area contributed by atoms with Crippen molar-refractivity contribution in [2.75, 3.05) is 14.2 Å². The molecule has 0 aliphatic heterocycles. The van der Waals surface area contributed by atoms with Crippen LogP contribution in [0.15, 0.2) is 18.2 Å². The van der Waals surface area contributed by atoms with E-state index in [0.717, 1.165) is 5.56 Å². The molecule has 0 saturated heterocycles. The Morgan fingerprint density at radius 3 is 2.69 bits per heavy atom. The molecule has 0 unspecified atom stereocenters. The topological polar surface area (TPSA) is 38.3 Å². The molecule has 1 N–H and O–H groups in total. The van der Waals surface area contributed by atoms with E-state index in [2.05, 4.69) is 5.32 Å². The number of carbonyl (C=O) groups excluding carboxylic acids is 1. The molecule has 0 heterocycles. The number of hydrogen-bond donors (Lipinski definition) is 1. The highest BCUT2D eigenvalue weighted by Crippen LogP contribution is 2.18. The van der Waals surface area contributed by atoms with E-state index in [1.54, 1.807) is 26.3 Å². The van der Waals surface area contributed by atoms with E-state index in [9.17, 15) is 4.79 Å². The fraction of sp³-hybridized carbons (Fsp3) is 0.300. The van der Waals surface area contributed by atoms with Crippen molar-refractivity contribution in [1.82, 2.24) is 5.32 Å². The van der Waals surface area contributed by atoms with Crippen LogP contribution in [0.3, 0.4) is 0 Å². The first-order valence-corrected chi connectivity index (χ1v) is 4.05. The second kappa shape index (κ2) is 3.94. The molecule has 13 heavy (non-hydrogen) atoms. The smallest absolute Gasteiger partial charge is 0.254 e. The van der Waals surface area contributed by atoms with Crippen LogP contribution in [0.2, 0.25) is 0 Å². The lowest BCUT2D eigenvalue weighted by Gasteiger charge is -2.07. The normalized spacial score (nSPS) is 9.46. The quantitative estimate of drug-likeness (QED) is 0.744. The zero-order valence-electron chi connectivity index (χ0n) is 8.05. The van der Waals surface area contributed by atoms with Crippen molar-refractivity contribution >= 4 is 5.91 Å². The van der Waals surface area contributed by atoms with Crippen LogP contribution in [0, 0.1) is 6.92 Å². The van der Waals surface area contributed by atoms with Crippen LogP contribution in [0.1, 0.15) is 15.9 Å². The van der Waals surface area contributed by atoms with Crippen LogP contribution >= 0.6 is 0 Å². The van der Waals surface area contributed by atoms with Gasteiger partial charge in [-0.2, -0.15) is 0 Å². The first-order valence-electron chi connectivity index (χ1n) is 4.05. The Balaban J connectivity index is 3.15. The molecule has 3 nitrogen and oxygen atoms in total. The standard InChI is InChI=1S/C10H13NO2/c1-7-4-5-9(13-3)8(6-7)10(12)11-2/h4-6H,1-3H3,(H,11,12). The molecule has 1 rings (SSSR count). The zero-order chi connectivity index (χ0) is 9.84. The molecule has 3 heteroatoms. The van der Waals surface area contributed by atoms with Gasteiger partial charge in [-0.05, 0) is 19.1 Å². The number of ether oxygens (including phenoxy) is 1. The van der Waals surface area contributed by atoms with Crippen LogP contribution in [-0.2, 0) is 0 Å². The minimum Gasteiger partial charge on any atom is -0.496 e. The first kappa shape index (κ1) is 9.58. The van der Waals surface area contributed by atoms with Crippen molar-refractivity contribution in [3.8, 4) is 5.75 Å². The van der Waals surface area contributed by atoms with Crippen LogP contribution < -0.4 is 10.1 Å². The lowest BCUT2D eigenvalue weighted by molar-refractivity contribution is 0.0960. The number of amides is 1. The predicted molar refractivity (Wildman–Crippen MR) is 51.1 cm³/mol. The fourth-order valence-electron chi connectivity index (χ4n) is 1.13. The lowest BCUT2D eigenvalue weighted by atomic mass is 10.1. The maximum atomic E-state index is 11.4. The van der Waals surface area contributed by atoms with Crippen molar-refractivity contribution in [3.05, 3.63) is 29.3 Å². The molecule has 0 bridgehead atoms. The second-order valence-corrected chi connectivity index (χ2v) is 2.78. The summed E-state index contributed by atoms with van der Waals surface area (Å²) in [6, 6.07) is 5.50. The van der Waals surface area contributed by atoms with Crippen molar-refractivity contribution in [2.45, 2.75) is 6.92 Å². The highest BCUT2D eigenvalue weighted by atomic mass is 16.5. The van der Waals surface area contributed by atoms with Gasteiger partial charge in [0, 0.05) is 7.05 Å². The summed E-state index contributed by atoms with van der Waals surface area (Å²) in [6.07, 6.45) is 0. The molecule has 0 aromatic heterocycles. The van der Waals surface area contributed by atoms with Crippen LogP contribution in [-0.4, -0.2) is 20.1 Å². The highest BCUT2D eigenvalue weighted by molar-refractivity contribution is 5.96. The Bertz CT molecular complexity index is 321. The van der Waals surface area contributed by atoms with Gasteiger partial charge in [-0.15, -0.1) is 0 Å². The number of nitrogens with one attached hydrogen (secondary N) is 1. The maximum absolute atomic E-state index is 11.4. The summed E-state index contributed by atoms with van der Waals surface area (Å²) >= 11 is 0. The largest absolute Gasteiger partial charge is 0.496 e. The Morgan fingerprint density at radius 1 is 1.46 bits per heavy atom. The maximum Gasteiger partial charge on any atom is 0.254 e. The Kier molecular flexibility index (Phi) is 2.90. The molecule has 0 saturated carbocycles. The Hall–Kier alpha value is -1.51. The molecule has 0 fully saturated rings. The van der Waals surface area contributed by atoms with E-state index in [0.29, 0.717) is 11.3 Å². The fourth-order valence-corrected chi connectivity index (χ4v) is 1.13. The van der Waals surface area contributed by atoms with Gasteiger partial charge < -0.3 is 10.1 Å². The SMILES string of the molecule is CNC(=O)c1cc(C)ccc1OC. The number of carbonyl (C=O) groups is 1. The van der Waals surface area contributed by atoms with Crippen LogP contribution in [0.25, 0.3) is 0 Å².